The summed E-state index contributed by atoms with van der Waals surface area (Å²) in [6.07, 6.45) is 9.98. The highest BCUT2D eigenvalue weighted by Gasteiger charge is 2.34. The van der Waals surface area contributed by atoms with Gasteiger partial charge in [0.2, 0.25) is 0 Å². The molecular formula is C16H21N5O. The van der Waals surface area contributed by atoms with Crippen molar-refractivity contribution in [3.05, 3.63) is 35.9 Å². The molecule has 0 spiro atoms. The third kappa shape index (κ3) is 2.32. The first-order valence-electron chi connectivity index (χ1n) is 8.04. The summed E-state index contributed by atoms with van der Waals surface area (Å²) in [4.78, 5) is 14.9. The van der Waals surface area contributed by atoms with Gasteiger partial charge in [0.15, 0.2) is 0 Å². The number of hydrogen-bond acceptors (Lipinski definition) is 3. The van der Waals surface area contributed by atoms with Gasteiger partial charge in [0, 0.05) is 38.4 Å². The molecule has 6 nitrogen and oxygen atoms in total. The first-order chi connectivity index (χ1) is 10.7. The average molecular weight is 299 g/mol. The number of hydrogen-bond donors (Lipinski definition) is 0. The fraction of sp³-hybridized carbons (Fsp3) is 0.562. The van der Waals surface area contributed by atoms with Crippen molar-refractivity contribution < 1.29 is 4.79 Å². The van der Waals surface area contributed by atoms with Crippen molar-refractivity contribution >= 4 is 5.91 Å². The smallest absolute Gasteiger partial charge is 0.257 e. The Labute approximate surface area is 129 Å². The summed E-state index contributed by atoms with van der Waals surface area (Å²) >= 11 is 0. The highest BCUT2D eigenvalue weighted by Crippen LogP contribution is 2.41. The Hall–Kier alpha value is -2.11. The van der Waals surface area contributed by atoms with Gasteiger partial charge < -0.3 is 4.90 Å². The molecule has 0 aromatic carbocycles. The van der Waals surface area contributed by atoms with E-state index in [4.69, 9.17) is 0 Å². The number of likely N-dealkylation sites (tertiary alicyclic amines) is 1. The number of rotatable bonds is 3. The van der Waals surface area contributed by atoms with Crippen LogP contribution in [0, 0.1) is 0 Å². The molecule has 2 fully saturated rings. The Morgan fingerprint density at radius 2 is 2.14 bits per heavy atom. The molecular weight excluding hydrogens is 278 g/mol. The summed E-state index contributed by atoms with van der Waals surface area (Å²) in [6.45, 7) is 1.56. The Kier molecular flexibility index (Phi) is 3.24. The molecule has 116 valence electrons. The lowest BCUT2D eigenvalue weighted by atomic mass is 10.0. The van der Waals surface area contributed by atoms with Crippen LogP contribution in [-0.2, 0) is 7.05 Å². The van der Waals surface area contributed by atoms with Crippen molar-refractivity contribution in [2.45, 2.75) is 37.6 Å². The van der Waals surface area contributed by atoms with Crippen LogP contribution < -0.4 is 0 Å². The van der Waals surface area contributed by atoms with Crippen molar-refractivity contribution in [3.8, 4) is 0 Å². The summed E-state index contributed by atoms with van der Waals surface area (Å²) in [5.41, 5.74) is 1.91. The molecule has 2 aromatic rings. The van der Waals surface area contributed by atoms with E-state index in [1.807, 2.05) is 33.6 Å². The topological polar surface area (TPSA) is 56.0 Å². The maximum absolute atomic E-state index is 12.9. The minimum Gasteiger partial charge on any atom is -0.336 e. The molecule has 1 aliphatic heterocycles. The molecule has 1 aliphatic carbocycles. The van der Waals surface area contributed by atoms with Crippen molar-refractivity contribution in [3.63, 3.8) is 0 Å². The van der Waals surface area contributed by atoms with Crippen LogP contribution in [0.1, 0.15) is 53.7 Å². The summed E-state index contributed by atoms with van der Waals surface area (Å²) in [5, 5.41) is 8.64. The van der Waals surface area contributed by atoms with Gasteiger partial charge in [-0.15, -0.1) is 0 Å². The quantitative estimate of drug-likeness (QED) is 0.870. The van der Waals surface area contributed by atoms with Gasteiger partial charge in [-0.05, 0) is 31.7 Å². The molecule has 1 amide bonds. The summed E-state index contributed by atoms with van der Waals surface area (Å²) in [6, 6.07) is 2.22. The Balaban J connectivity index is 1.55. The van der Waals surface area contributed by atoms with Gasteiger partial charge in [-0.3, -0.25) is 14.2 Å². The van der Waals surface area contributed by atoms with E-state index in [-0.39, 0.29) is 11.9 Å². The summed E-state index contributed by atoms with van der Waals surface area (Å²) in [5.74, 6) is 0.657. The average Bonchev–Trinajstić information content (AvgIpc) is 3.08. The van der Waals surface area contributed by atoms with Gasteiger partial charge in [-0.25, -0.2) is 0 Å². The van der Waals surface area contributed by atoms with Crippen LogP contribution in [0.3, 0.4) is 0 Å². The molecule has 2 aromatic heterocycles. The predicted octanol–water partition coefficient (Wildman–Crippen LogP) is 1.97. The second-order valence-corrected chi connectivity index (χ2v) is 6.37. The number of aryl methyl sites for hydroxylation is 1. The molecule has 1 saturated carbocycles. The molecule has 22 heavy (non-hydrogen) atoms. The van der Waals surface area contributed by atoms with Gasteiger partial charge in [0.25, 0.3) is 5.91 Å². The zero-order chi connectivity index (χ0) is 15.1. The third-order valence-corrected chi connectivity index (χ3v) is 4.76. The van der Waals surface area contributed by atoms with Crippen LogP contribution in [0.25, 0.3) is 0 Å². The van der Waals surface area contributed by atoms with Gasteiger partial charge >= 0.3 is 0 Å². The van der Waals surface area contributed by atoms with Crippen molar-refractivity contribution in [1.29, 1.82) is 0 Å². The Bertz CT molecular complexity index is 671. The normalized spacial score (nSPS) is 22.0. The van der Waals surface area contributed by atoms with E-state index in [1.54, 1.807) is 12.4 Å². The molecule has 1 atom stereocenters. The molecule has 4 rings (SSSR count). The van der Waals surface area contributed by atoms with Crippen molar-refractivity contribution in [2.24, 2.45) is 7.05 Å². The third-order valence-electron chi connectivity index (χ3n) is 4.76. The fourth-order valence-corrected chi connectivity index (χ4v) is 3.47. The minimum atomic E-state index is 0.131. The Morgan fingerprint density at radius 1 is 1.27 bits per heavy atom. The molecule has 1 saturated heterocycles. The molecule has 3 heterocycles. The van der Waals surface area contributed by atoms with Crippen molar-refractivity contribution in [1.82, 2.24) is 24.5 Å². The van der Waals surface area contributed by atoms with E-state index in [0.29, 0.717) is 5.92 Å². The zero-order valence-corrected chi connectivity index (χ0v) is 12.9. The highest BCUT2D eigenvalue weighted by molar-refractivity contribution is 5.95. The highest BCUT2D eigenvalue weighted by atomic mass is 16.2. The first kappa shape index (κ1) is 13.5. The lowest BCUT2D eigenvalue weighted by Gasteiger charge is -2.33. The van der Waals surface area contributed by atoms with Crippen LogP contribution in [0.5, 0.6) is 0 Å². The molecule has 6 heteroatoms. The van der Waals surface area contributed by atoms with Crippen LogP contribution in [0.2, 0.25) is 0 Å². The first-order valence-corrected chi connectivity index (χ1v) is 8.04. The molecule has 0 N–H and O–H groups in total. The van der Waals surface area contributed by atoms with Gasteiger partial charge in [-0.1, -0.05) is 0 Å². The van der Waals surface area contributed by atoms with Gasteiger partial charge in [0.1, 0.15) is 0 Å². The standard InChI is InChI=1S/C16H21N5O/c1-19-15(12-5-6-12)14(10-18-19)16(22)20-8-2-4-13(11-20)21-9-3-7-17-21/h3,7,9-10,12-13H,2,4-6,8,11H2,1H3/t13-/m0/s1. The number of nitrogens with zero attached hydrogens (tertiary/aromatic N) is 5. The molecule has 0 unspecified atom stereocenters. The van der Waals surface area contributed by atoms with E-state index in [2.05, 4.69) is 10.2 Å². The molecule has 0 bridgehead atoms. The number of piperidine rings is 1. The second-order valence-electron chi connectivity index (χ2n) is 6.37. The van der Waals surface area contributed by atoms with E-state index < -0.39 is 0 Å². The zero-order valence-electron chi connectivity index (χ0n) is 12.9. The molecule has 0 radical (unpaired) electrons. The van der Waals surface area contributed by atoms with Crippen LogP contribution in [-0.4, -0.2) is 43.5 Å². The number of amides is 1. The fourth-order valence-electron chi connectivity index (χ4n) is 3.47. The number of carbonyl (C=O) groups excluding carboxylic acids is 1. The monoisotopic (exact) mass is 299 g/mol. The number of carbonyl (C=O) groups is 1. The minimum absolute atomic E-state index is 0.131. The second kappa shape index (κ2) is 5.26. The maximum atomic E-state index is 12.9. The lowest BCUT2D eigenvalue weighted by Crippen LogP contribution is -2.41. The lowest BCUT2D eigenvalue weighted by molar-refractivity contribution is 0.0671. The summed E-state index contributed by atoms with van der Waals surface area (Å²) in [7, 11) is 1.94. The predicted molar refractivity (Wildman–Crippen MR) is 81.6 cm³/mol. The van der Waals surface area contributed by atoms with Gasteiger partial charge in [0.05, 0.1) is 23.5 Å². The number of aromatic nitrogens is 4. The summed E-state index contributed by atoms with van der Waals surface area (Å²) < 4.78 is 3.85. The van der Waals surface area contributed by atoms with E-state index in [1.165, 1.54) is 12.8 Å². The van der Waals surface area contributed by atoms with Crippen molar-refractivity contribution in [2.75, 3.05) is 13.1 Å². The molecule has 2 aliphatic rings. The largest absolute Gasteiger partial charge is 0.336 e. The van der Waals surface area contributed by atoms with Crippen LogP contribution >= 0.6 is 0 Å². The van der Waals surface area contributed by atoms with Crippen LogP contribution in [0.4, 0.5) is 0 Å². The van der Waals surface area contributed by atoms with E-state index >= 15 is 0 Å². The van der Waals surface area contributed by atoms with Gasteiger partial charge in [-0.2, -0.15) is 10.2 Å². The SMILES string of the molecule is Cn1ncc(C(=O)N2CCC[C@H](n3cccn3)C2)c1C1CC1. The Morgan fingerprint density at radius 3 is 2.86 bits per heavy atom. The van der Waals surface area contributed by atoms with E-state index in [0.717, 1.165) is 37.2 Å². The maximum Gasteiger partial charge on any atom is 0.257 e. The van der Waals surface area contributed by atoms with Crippen LogP contribution in [0.15, 0.2) is 24.7 Å². The van der Waals surface area contributed by atoms with E-state index in [9.17, 15) is 4.79 Å².